The average molecular weight is 318 g/mol. The molecular weight excluding hydrogens is 300 g/mol. The molecule has 1 aromatic carbocycles. The van der Waals surface area contributed by atoms with E-state index in [1.165, 1.54) is 0 Å². The van der Waals surface area contributed by atoms with E-state index in [1.807, 2.05) is 59.5 Å². The van der Waals surface area contributed by atoms with E-state index in [9.17, 15) is 4.79 Å². The van der Waals surface area contributed by atoms with Crippen LogP contribution in [0.3, 0.4) is 0 Å². The van der Waals surface area contributed by atoms with Crippen LogP contribution in [0.1, 0.15) is 35.1 Å². The monoisotopic (exact) mass is 318 g/mol. The van der Waals surface area contributed by atoms with Gasteiger partial charge in [0.25, 0.3) is 5.91 Å². The fourth-order valence-electron chi connectivity index (χ4n) is 3.23. The molecule has 0 unspecified atom stereocenters. The van der Waals surface area contributed by atoms with E-state index in [-0.39, 0.29) is 11.9 Å². The number of amides is 1. The van der Waals surface area contributed by atoms with E-state index in [1.54, 1.807) is 6.20 Å². The van der Waals surface area contributed by atoms with Crippen molar-refractivity contribution in [2.45, 2.75) is 18.9 Å². The second kappa shape index (κ2) is 6.28. The molecule has 1 fully saturated rings. The van der Waals surface area contributed by atoms with Crippen LogP contribution in [0.25, 0.3) is 11.3 Å². The summed E-state index contributed by atoms with van der Waals surface area (Å²) in [6.07, 6.45) is 3.72. The van der Waals surface area contributed by atoms with Crippen LogP contribution in [0.15, 0.2) is 60.8 Å². The van der Waals surface area contributed by atoms with E-state index in [4.69, 9.17) is 0 Å². The van der Waals surface area contributed by atoms with E-state index < -0.39 is 0 Å². The van der Waals surface area contributed by atoms with E-state index in [0.29, 0.717) is 5.69 Å². The molecule has 3 aromatic rings. The van der Waals surface area contributed by atoms with Crippen LogP contribution in [0.5, 0.6) is 0 Å². The smallest absolute Gasteiger partial charge is 0.272 e. The first-order valence-electron chi connectivity index (χ1n) is 8.15. The number of pyridine rings is 1. The summed E-state index contributed by atoms with van der Waals surface area (Å²) in [7, 11) is 0. The molecule has 0 radical (unpaired) electrons. The zero-order valence-electron chi connectivity index (χ0n) is 13.2. The number of carbonyl (C=O) groups is 1. The Morgan fingerprint density at radius 2 is 1.96 bits per heavy atom. The topological polar surface area (TPSA) is 61.9 Å². The molecule has 3 heterocycles. The highest BCUT2D eigenvalue weighted by atomic mass is 16.2. The maximum atomic E-state index is 12.9. The minimum atomic E-state index is -0.0159. The lowest BCUT2D eigenvalue weighted by molar-refractivity contribution is 0.0727. The molecular formula is C19H18N4O. The summed E-state index contributed by atoms with van der Waals surface area (Å²) in [4.78, 5) is 19.2. The number of rotatable bonds is 3. The molecule has 5 nitrogen and oxygen atoms in total. The molecule has 0 saturated carbocycles. The highest BCUT2D eigenvalue weighted by molar-refractivity contribution is 5.93. The number of carbonyl (C=O) groups excluding carboxylic acids is 1. The van der Waals surface area contributed by atoms with Crippen LogP contribution >= 0.6 is 0 Å². The molecule has 1 amide bonds. The third-order valence-corrected chi connectivity index (χ3v) is 4.42. The molecule has 1 atom stereocenters. The Kier molecular flexibility index (Phi) is 3.83. The average Bonchev–Trinajstić information content (AvgIpc) is 3.32. The Balaban J connectivity index is 1.58. The molecule has 4 rings (SSSR count). The third-order valence-electron chi connectivity index (χ3n) is 4.42. The van der Waals surface area contributed by atoms with Gasteiger partial charge in [-0.3, -0.25) is 14.9 Å². The van der Waals surface area contributed by atoms with Crippen LogP contribution in [0.4, 0.5) is 0 Å². The highest BCUT2D eigenvalue weighted by Gasteiger charge is 2.32. The largest absolute Gasteiger partial charge is 0.329 e. The van der Waals surface area contributed by atoms with Crippen molar-refractivity contribution in [3.05, 3.63) is 72.2 Å². The number of aromatic amines is 1. The summed E-state index contributed by atoms with van der Waals surface area (Å²) in [5.74, 6) is -0.0159. The first-order chi connectivity index (χ1) is 11.8. The Bertz CT molecular complexity index is 829. The van der Waals surface area contributed by atoms with Gasteiger partial charge in [-0.25, -0.2) is 0 Å². The number of likely N-dealkylation sites (tertiary alicyclic amines) is 1. The number of aromatic nitrogens is 3. The Hall–Kier alpha value is -2.95. The number of hydrogen-bond donors (Lipinski definition) is 1. The van der Waals surface area contributed by atoms with Gasteiger partial charge in [-0.1, -0.05) is 36.4 Å². The number of H-pyrrole nitrogens is 1. The zero-order valence-corrected chi connectivity index (χ0v) is 13.2. The first kappa shape index (κ1) is 14.6. The minimum Gasteiger partial charge on any atom is -0.329 e. The summed E-state index contributed by atoms with van der Waals surface area (Å²) in [5, 5.41) is 7.18. The van der Waals surface area contributed by atoms with Crippen molar-refractivity contribution in [3.8, 4) is 11.3 Å². The second-order valence-electron chi connectivity index (χ2n) is 5.94. The number of benzene rings is 1. The Morgan fingerprint density at radius 1 is 1.12 bits per heavy atom. The molecule has 1 saturated heterocycles. The van der Waals surface area contributed by atoms with Crippen LogP contribution in [0, 0.1) is 0 Å². The van der Waals surface area contributed by atoms with E-state index in [0.717, 1.165) is 36.3 Å². The van der Waals surface area contributed by atoms with Crippen LogP contribution in [0.2, 0.25) is 0 Å². The van der Waals surface area contributed by atoms with Gasteiger partial charge >= 0.3 is 0 Å². The Labute approximate surface area is 140 Å². The van der Waals surface area contributed by atoms with Crippen LogP contribution in [-0.2, 0) is 0 Å². The lowest BCUT2D eigenvalue weighted by Gasteiger charge is -2.23. The summed E-state index contributed by atoms with van der Waals surface area (Å²) >= 11 is 0. The maximum absolute atomic E-state index is 12.9. The predicted molar refractivity (Wildman–Crippen MR) is 91.3 cm³/mol. The van der Waals surface area contributed by atoms with Crippen molar-refractivity contribution in [1.29, 1.82) is 0 Å². The van der Waals surface area contributed by atoms with E-state index in [2.05, 4.69) is 15.2 Å². The van der Waals surface area contributed by atoms with Crippen molar-refractivity contribution in [2.75, 3.05) is 6.54 Å². The van der Waals surface area contributed by atoms with Gasteiger partial charge in [0.15, 0.2) is 0 Å². The van der Waals surface area contributed by atoms with Crippen molar-refractivity contribution >= 4 is 5.91 Å². The molecule has 0 aliphatic carbocycles. The SMILES string of the molecule is O=C(c1cc(-c2ccccc2)n[nH]1)N1CCC[C@H]1c1ccccn1. The van der Waals surface area contributed by atoms with Crippen LogP contribution < -0.4 is 0 Å². The van der Waals surface area contributed by atoms with Gasteiger partial charge in [0.05, 0.1) is 17.4 Å². The third kappa shape index (κ3) is 2.69. The standard InChI is InChI=1S/C19H18N4O/c24-19(17-13-16(21-22-17)14-7-2-1-3-8-14)23-12-6-10-18(23)15-9-4-5-11-20-15/h1-5,7-9,11,13,18H,6,10,12H2,(H,21,22)/t18-/m0/s1. The van der Waals surface area contributed by atoms with Gasteiger partial charge < -0.3 is 4.90 Å². The van der Waals surface area contributed by atoms with E-state index >= 15 is 0 Å². The molecule has 1 N–H and O–H groups in total. The van der Waals surface area contributed by atoms with Gasteiger partial charge in [0.2, 0.25) is 0 Å². The summed E-state index contributed by atoms with van der Waals surface area (Å²) in [6, 6.07) is 17.6. The van der Waals surface area contributed by atoms with Gasteiger partial charge in [-0.2, -0.15) is 5.10 Å². The quantitative estimate of drug-likeness (QED) is 0.804. The zero-order chi connectivity index (χ0) is 16.4. The highest BCUT2D eigenvalue weighted by Crippen LogP contribution is 2.32. The number of nitrogens with zero attached hydrogens (tertiary/aromatic N) is 3. The molecule has 0 bridgehead atoms. The fourth-order valence-corrected chi connectivity index (χ4v) is 3.23. The minimum absolute atomic E-state index is 0.0159. The van der Waals surface area contributed by atoms with Crippen LogP contribution in [-0.4, -0.2) is 32.5 Å². The Morgan fingerprint density at radius 3 is 2.75 bits per heavy atom. The summed E-state index contributed by atoms with van der Waals surface area (Å²) in [6.45, 7) is 0.750. The number of nitrogens with one attached hydrogen (secondary N) is 1. The van der Waals surface area contributed by atoms with Crippen molar-refractivity contribution in [2.24, 2.45) is 0 Å². The molecule has 24 heavy (non-hydrogen) atoms. The molecule has 0 spiro atoms. The molecule has 2 aromatic heterocycles. The van der Waals surface area contributed by atoms with Gasteiger partial charge in [-0.05, 0) is 31.0 Å². The molecule has 120 valence electrons. The van der Waals surface area contributed by atoms with Gasteiger partial charge in [0.1, 0.15) is 5.69 Å². The molecule has 5 heteroatoms. The first-order valence-corrected chi connectivity index (χ1v) is 8.15. The maximum Gasteiger partial charge on any atom is 0.272 e. The second-order valence-corrected chi connectivity index (χ2v) is 5.94. The molecule has 1 aliphatic rings. The number of hydrogen-bond acceptors (Lipinski definition) is 3. The van der Waals surface area contributed by atoms with Gasteiger partial charge in [0, 0.05) is 18.3 Å². The van der Waals surface area contributed by atoms with Gasteiger partial charge in [-0.15, -0.1) is 0 Å². The van der Waals surface area contributed by atoms with Crippen molar-refractivity contribution in [3.63, 3.8) is 0 Å². The summed E-state index contributed by atoms with van der Waals surface area (Å²) in [5.41, 5.74) is 3.26. The van der Waals surface area contributed by atoms with Crippen molar-refractivity contribution in [1.82, 2.24) is 20.1 Å². The fraction of sp³-hybridized carbons (Fsp3) is 0.211. The molecule has 1 aliphatic heterocycles. The predicted octanol–water partition coefficient (Wildman–Crippen LogP) is 3.45. The normalized spacial score (nSPS) is 17.2. The van der Waals surface area contributed by atoms with Crippen molar-refractivity contribution < 1.29 is 4.79 Å². The lowest BCUT2D eigenvalue weighted by Crippen LogP contribution is -2.31. The lowest BCUT2D eigenvalue weighted by atomic mass is 10.1. The summed E-state index contributed by atoms with van der Waals surface area (Å²) < 4.78 is 0.